The van der Waals surface area contributed by atoms with Crippen molar-refractivity contribution in [1.29, 1.82) is 0 Å². The quantitative estimate of drug-likeness (QED) is 0.308. The lowest BCUT2D eigenvalue weighted by atomic mass is 9.88. The molecule has 0 saturated carbocycles. The Labute approximate surface area is 194 Å². The van der Waals surface area contributed by atoms with Crippen LogP contribution in [0.5, 0.6) is 0 Å². The highest BCUT2D eigenvalue weighted by Crippen LogP contribution is 2.52. The Balaban J connectivity index is 1.71. The van der Waals surface area contributed by atoms with Gasteiger partial charge in [-0.25, -0.2) is 0 Å². The van der Waals surface area contributed by atoms with Gasteiger partial charge >= 0.3 is 0 Å². The van der Waals surface area contributed by atoms with E-state index in [4.69, 9.17) is 0 Å². The standard InChI is InChI=1S/C31H25NO/c1-31(2,33)26-19-18-23(21-10-4-3-5-11-21)20-29(26)32-27-16-7-6-14-24(27)25-15-8-12-22-13-9-17-28(32)30(22)25/h3-20,33H,1-2H3. The van der Waals surface area contributed by atoms with Crippen molar-refractivity contribution < 1.29 is 5.11 Å². The molecule has 0 atom stereocenters. The van der Waals surface area contributed by atoms with E-state index in [1.54, 1.807) is 0 Å². The van der Waals surface area contributed by atoms with Crippen LogP contribution in [0.2, 0.25) is 0 Å². The van der Waals surface area contributed by atoms with Gasteiger partial charge in [-0.3, -0.25) is 0 Å². The minimum Gasteiger partial charge on any atom is -0.386 e. The molecule has 0 fully saturated rings. The Hall–Kier alpha value is -3.88. The van der Waals surface area contributed by atoms with Crippen LogP contribution in [0.3, 0.4) is 0 Å². The average molecular weight is 428 g/mol. The smallest absolute Gasteiger partial charge is 0.0860 e. The fourth-order valence-electron chi connectivity index (χ4n) is 5.06. The summed E-state index contributed by atoms with van der Waals surface area (Å²) >= 11 is 0. The van der Waals surface area contributed by atoms with Crippen molar-refractivity contribution in [3.8, 4) is 22.3 Å². The fourth-order valence-corrected chi connectivity index (χ4v) is 5.06. The highest BCUT2D eigenvalue weighted by molar-refractivity contribution is 6.14. The zero-order valence-corrected chi connectivity index (χ0v) is 18.8. The Morgan fingerprint density at radius 1 is 0.576 bits per heavy atom. The number of aliphatic hydroxyl groups is 1. The summed E-state index contributed by atoms with van der Waals surface area (Å²) in [5, 5.41) is 13.6. The summed E-state index contributed by atoms with van der Waals surface area (Å²) in [6.07, 6.45) is 0. The largest absolute Gasteiger partial charge is 0.386 e. The van der Waals surface area contributed by atoms with Crippen molar-refractivity contribution >= 4 is 27.8 Å². The van der Waals surface area contributed by atoms with Crippen LogP contribution < -0.4 is 4.90 Å². The summed E-state index contributed by atoms with van der Waals surface area (Å²) in [5.41, 5.74) is 7.90. The van der Waals surface area contributed by atoms with Gasteiger partial charge in [0.1, 0.15) is 0 Å². The van der Waals surface area contributed by atoms with Gasteiger partial charge in [-0.15, -0.1) is 0 Å². The SMILES string of the molecule is CC(C)(O)c1ccc(-c2ccccc2)cc1N1c2ccccc2-c2cccc3cccc1c23. The summed E-state index contributed by atoms with van der Waals surface area (Å²) in [4.78, 5) is 2.32. The number of rotatable bonds is 3. The minimum atomic E-state index is -0.996. The highest BCUT2D eigenvalue weighted by Gasteiger charge is 2.30. The van der Waals surface area contributed by atoms with E-state index in [1.807, 2.05) is 19.9 Å². The number of hydrogen-bond donors (Lipinski definition) is 1. The van der Waals surface area contributed by atoms with Crippen LogP contribution in [-0.2, 0) is 5.60 Å². The molecule has 0 amide bonds. The third-order valence-corrected chi connectivity index (χ3v) is 6.56. The van der Waals surface area contributed by atoms with Crippen molar-refractivity contribution in [2.24, 2.45) is 0 Å². The van der Waals surface area contributed by atoms with Crippen LogP contribution in [-0.4, -0.2) is 5.11 Å². The van der Waals surface area contributed by atoms with Gasteiger partial charge in [0.25, 0.3) is 0 Å². The number of anilines is 3. The molecule has 0 bridgehead atoms. The molecular weight excluding hydrogens is 402 g/mol. The number of hydrogen-bond acceptors (Lipinski definition) is 2. The molecule has 2 heteroatoms. The van der Waals surface area contributed by atoms with E-state index in [2.05, 4.69) is 108 Å². The molecule has 0 unspecified atom stereocenters. The average Bonchev–Trinajstić information content (AvgIpc) is 2.84. The van der Waals surface area contributed by atoms with Gasteiger partial charge in [0, 0.05) is 16.5 Å². The second-order valence-electron chi connectivity index (χ2n) is 9.19. The van der Waals surface area contributed by atoms with Crippen LogP contribution in [0.25, 0.3) is 33.0 Å². The van der Waals surface area contributed by atoms with Crippen molar-refractivity contribution in [1.82, 2.24) is 0 Å². The Morgan fingerprint density at radius 3 is 2.03 bits per heavy atom. The van der Waals surface area contributed by atoms with Crippen molar-refractivity contribution in [2.45, 2.75) is 19.4 Å². The van der Waals surface area contributed by atoms with Crippen molar-refractivity contribution in [3.05, 3.63) is 115 Å². The Kier molecular flexibility index (Phi) is 4.39. The molecule has 0 spiro atoms. The predicted molar refractivity (Wildman–Crippen MR) is 138 cm³/mol. The highest BCUT2D eigenvalue weighted by atomic mass is 16.3. The van der Waals surface area contributed by atoms with E-state index in [1.165, 1.54) is 21.9 Å². The van der Waals surface area contributed by atoms with Gasteiger partial charge < -0.3 is 10.0 Å². The third-order valence-electron chi connectivity index (χ3n) is 6.56. The van der Waals surface area contributed by atoms with E-state index < -0.39 is 5.60 Å². The fraction of sp³-hybridized carbons (Fsp3) is 0.0968. The first-order valence-electron chi connectivity index (χ1n) is 11.4. The Morgan fingerprint density at radius 2 is 1.24 bits per heavy atom. The summed E-state index contributed by atoms with van der Waals surface area (Å²) in [6.45, 7) is 3.72. The first-order valence-corrected chi connectivity index (χ1v) is 11.4. The first-order chi connectivity index (χ1) is 16.0. The second kappa shape index (κ2) is 7.33. The monoisotopic (exact) mass is 427 g/mol. The van der Waals surface area contributed by atoms with Crippen LogP contribution in [0.4, 0.5) is 17.1 Å². The van der Waals surface area contributed by atoms with Gasteiger partial charge in [0.15, 0.2) is 0 Å². The summed E-state index contributed by atoms with van der Waals surface area (Å²) < 4.78 is 0. The molecule has 0 radical (unpaired) electrons. The maximum Gasteiger partial charge on any atom is 0.0860 e. The normalized spacial score (nSPS) is 12.6. The van der Waals surface area contributed by atoms with E-state index in [0.29, 0.717) is 0 Å². The van der Waals surface area contributed by atoms with E-state index in [0.717, 1.165) is 33.8 Å². The van der Waals surface area contributed by atoms with Crippen molar-refractivity contribution in [3.63, 3.8) is 0 Å². The molecule has 0 aromatic heterocycles. The zero-order valence-electron chi connectivity index (χ0n) is 18.8. The molecule has 5 aromatic carbocycles. The summed E-state index contributed by atoms with van der Waals surface area (Å²) in [6, 6.07) is 38.3. The number of fused-ring (bicyclic) bond motifs is 2. The molecule has 160 valence electrons. The minimum absolute atomic E-state index is 0.897. The maximum atomic E-state index is 11.2. The van der Waals surface area contributed by atoms with Crippen LogP contribution in [0.15, 0.2) is 109 Å². The maximum absolute atomic E-state index is 11.2. The predicted octanol–water partition coefficient (Wildman–Crippen LogP) is 8.18. The molecule has 2 nitrogen and oxygen atoms in total. The molecular formula is C31H25NO. The first kappa shape index (κ1) is 19.8. The molecule has 0 aliphatic carbocycles. The van der Waals surface area contributed by atoms with Crippen LogP contribution >= 0.6 is 0 Å². The number of benzene rings is 5. The second-order valence-corrected chi connectivity index (χ2v) is 9.19. The third kappa shape index (κ3) is 3.14. The Bertz CT molecular complexity index is 1490. The lowest BCUT2D eigenvalue weighted by Gasteiger charge is -2.36. The van der Waals surface area contributed by atoms with Gasteiger partial charge in [-0.05, 0) is 54.1 Å². The molecule has 1 aliphatic rings. The topological polar surface area (TPSA) is 23.5 Å². The van der Waals surface area contributed by atoms with E-state index in [9.17, 15) is 5.11 Å². The van der Waals surface area contributed by atoms with Gasteiger partial charge in [-0.1, -0.05) is 91.0 Å². The van der Waals surface area contributed by atoms with E-state index >= 15 is 0 Å². The number of nitrogens with zero attached hydrogens (tertiary/aromatic N) is 1. The van der Waals surface area contributed by atoms with Gasteiger partial charge in [0.2, 0.25) is 0 Å². The molecule has 1 heterocycles. The summed E-state index contributed by atoms with van der Waals surface area (Å²) in [7, 11) is 0. The molecule has 1 N–H and O–H groups in total. The van der Waals surface area contributed by atoms with Gasteiger partial charge in [-0.2, -0.15) is 0 Å². The van der Waals surface area contributed by atoms with Crippen molar-refractivity contribution in [2.75, 3.05) is 4.90 Å². The molecule has 33 heavy (non-hydrogen) atoms. The molecule has 6 rings (SSSR count). The van der Waals surface area contributed by atoms with Crippen LogP contribution in [0, 0.1) is 0 Å². The lowest BCUT2D eigenvalue weighted by Crippen LogP contribution is -2.23. The van der Waals surface area contributed by atoms with E-state index in [-0.39, 0.29) is 0 Å². The zero-order chi connectivity index (χ0) is 22.6. The van der Waals surface area contributed by atoms with Crippen LogP contribution in [0.1, 0.15) is 19.4 Å². The molecule has 5 aromatic rings. The number of para-hydroxylation sites is 1. The molecule has 0 saturated heterocycles. The lowest BCUT2D eigenvalue weighted by molar-refractivity contribution is 0.0792. The van der Waals surface area contributed by atoms with Gasteiger partial charge in [0.05, 0.1) is 22.7 Å². The molecule has 1 aliphatic heterocycles. The summed E-state index contributed by atoms with van der Waals surface area (Å²) in [5.74, 6) is 0.